The topological polar surface area (TPSA) is 25.2 Å². The van der Waals surface area contributed by atoms with Crippen LogP contribution in [0.4, 0.5) is 5.69 Å². The van der Waals surface area contributed by atoms with Crippen LogP contribution in [-0.4, -0.2) is 0 Å². The highest BCUT2D eigenvalue weighted by atomic mass is 35.5. The molecule has 0 atom stereocenters. The number of hydrogen-bond donors (Lipinski definition) is 1. The Bertz CT molecular complexity index is 759. The molecule has 0 saturated heterocycles. The number of hydrogen-bond acceptors (Lipinski definition) is 2. The van der Waals surface area contributed by atoms with Crippen molar-refractivity contribution in [3.8, 4) is 0 Å². The summed E-state index contributed by atoms with van der Waals surface area (Å²) in [5.41, 5.74) is 3.01. The number of nitrogens with one attached hydrogen (secondary N) is 1. The molecule has 1 N–H and O–H groups in total. The fourth-order valence-electron chi connectivity index (χ4n) is 2.48. The Kier molecular flexibility index (Phi) is 4.09. The maximum Gasteiger partial charge on any atom is 0.134 e. The second kappa shape index (κ2) is 6.00. The van der Waals surface area contributed by atoms with Crippen molar-refractivity contribution in [1.29, 1.82) is 0 Å². The summed E-state index contributed by atoms with van der Waals surface area (Å²) in [7, 11) is 0. The minimum Gasteiger partial charge on any atom is -0.461 e. The average molecular weight is 320 g/mol. The molecule has 3 aromatic rings. The predicted octanol–water partition coefficient (Wildman–Crippen LogP) is 5.91. The lowest BCUT2D eigenvalue weighted by molar-refractivity contribution is 0.551. The van der Waals surface area contributed by atoms with Crippen LogP contribution in [0.5, 0.6) is 0 Å². The number of anilines is 1. The molecule has 0 aliphatic rings. The van der Waals surface area contributed by atoms with Crippen molar-refractivity contribution in [2.75, 3.05) is 5.32 Å². The minimum absolute atomic E-state index is 0.623. The van der Waals surface area contributed by atoms with Gasteiger partial charge in [0.2, 0.25) is 0 Å². The van der Waals surface area contributed by atoms with Crippen LogP contribution in [0.2, 0.25) is 10.0 Å². The maximum atomic E-state index is 6.02. The molecule has 0 radical (unpaired) electrons. The van der Waals surface area contributed by atoms with Crippen LogP contribution >= 0.6 is 23.2 Å². The van der Waals surface area contributed by atoms with E-state index in [-0.39, 0.29) is 0 Å². The molecule has 0 amide bonds. The third-order valence-electron chi connectivity index (χ3n) is 3.43. The predicted molar refractivity (Wildman–Crippen MR) is 89.4 cm³/mol. The molecule has 3 rings (SSSR count). The second-order valence-electron chi connectivity index (χ2n) is 4.87. The lowest BCUT2D eigenvalue weighted by Crippen LogP contribution is -2.01. The zero-order valence-corrected chi connectivity index (χ0v) is 13.1. The summed E-state index contributed by atoms with van der Waals surface area (Å²) in [4.78, 5) is 0. The van der Waals surface area contributed by atoms with Gasteiger partial charge in [-0.3, -0.25) is 0 Å². The van der Waals surface area contributed by atoms with Gasteiger partial charge in [-0.2, -0.15) is 0 Å². The van der Waals surface area contributed by atoms with Crippen molar-refractivity contribution >= 4 is 39.9 Å². The first-order chi connectivity index (χ1) is 10.2. The van der Waals surface area contributed by atoms with Crippen LogP contribution in [0.25, 0.3) is 11.0 Å². The van der Waals surface area contributed by atoms with Crippen molar-refractivity contribution in [3.05, 3.63) is 63.8 Å². The second-order valence-corrected chi connectivity index (χ2v) is 5.74. The largest absolute Gasteiger partial charge is 0.461 e. The molecule has 108 valence electrons. The molecular weight excluding hydrogens is 305 g/mol. The summed E-state index contributed by atoms with van der Waals surface area (Å²) in [5, 5.41) is 5.76. The smallest absolute Gasteiger partial charge is 0.134 e. The Balaban J connectivity index is 1.90. The van der Waals surface area contributed by atoms with Gasteiger partial charge in [0.05, 0.1) is 0 Å². The van der Waals surface area contributed by atoms with Gasteiger partial charge in [0.25, 0.3) is 0 Å². The molecule has 21 heavy (non-hydrogen) atoms. The van der Waals surface area contributed by atoms with Crippen molar-refractivity contribution in [3.63, 3.8) is 0 Å². The number of halogens is 2. The molecule has 0 saturated carbocycles. The molecule has 0 spiro atoms. The Hall–Kier alpha value is -1.64. The summed E-state index contributed by atoms with van der Waals surface area (Å²) in [5.74, 6) is 1.01. The van der Waals surface area contributed by atoms with Gasteiger partial charge in [-0.25, -0.2) is 0 Å². The summed E-state index contributed by atoms with van der Waals surface area (Å²) < 4.78 is 5.89. The Labute approximate surface area is 133 Å². The van der Waals surface area contributed by atoms with E-state index in [9.17, 15) is 0 Å². The molecule has 1 heterocycles. The lowest BCUT2D eigenvalue weighted by atomic mass is 10.1. The molecule has 0 unspecified atom stereocenters. The quantitative estimate of drug-likeness (QED) is 0.646. The van der Waals surface area contributed by atoms with Crippen molar-refractivity contribution < 1.29 is 4.42 Å². The fraction of sp³-hybridized carbons (Fsp3) is 0.176. The van der Waals surface area contributed by atoms with Crippen molar-refractivity contribution in [1.82, 2.24) is 0 Å². The summed E-state index contributed by atoms with van der Waals surface area (Å²) in [6.45, 7) is 2.77. The van der Waals surface area contributed by atoms with Crippen molar-refractivity contribution in [2.45, 2.75) is 19.9 Å². The number of para-hydroxylation sites is 1. The van der Waals surface area contributed by atoms with E-state index >= 15 is 0 Å². The molecule has 2 nitrogen and oxygen atoms in total. The molecule has 0 aliphatic heterocycles. The van der Waals surface area contributed by atoms with Gasteiger partial charge >= 0.3 is 0 Å². The van der Waals surface area contributed by atoms with Crippen LogP contribution < -0.4 is 5.32 Å². The van der Waals surface area contributed by atoms with Gasteiger partial charge in [0.15, 0.2) is 0 Å². The monoisotopic (exact) mass is 319 g/mol. The van der Waals surface area contributed by atoms with Gasteiger partial charge in [0.1, 0.15) is 11.3 Å². The van der Waals surface area contributed by atoms with Gasteiger partial charge in [-0.15, -0.1) is 0 Å². The van der Waals surface area contributed by atoms with E-state index in [1.807, 2.05) is 30.3 Å². The summed E-state index contributed by atoms with van der Waals surface area (Å²) in [6.07, 6.45) is 0.863. The first-order valence-corrected chi connectivity index (χ1v) is 7.62. The fourth-order valence-corrected chi connectivity index (χ4v) is 3.00. The van der Waals surface area contributed by atoms with Gasteiger partial charge < -0.3 is 9.73 Å². The first-order valence-electron chi connectivity index (χ1n) is 6.86. The zero-order valence-electron chi connectivity index (χ0n) is 11.6. The Morgan fingerprint density at radius 3 is 2.48 bits per heavy atom. The van der Waals surface area contributed by atoms with Gasteiger partial charge in [-0.1, -0.05) is 48.3 Å². The van der Waals surface area contributed by atoms with E-state index in [1.54, 1.807) is 6.07 Å². The number of benzene rings is 2. The maximum absolute atomic E-state index is 6.02. The third kappa shape index (κ3) is 3.02. The van der Waals surface area contributed by atoms with E-state index in [4.69, 9.17) is 27.6 Å². The average Bonchev–Trinajstić information content (AvgIpc) is 2.82. The van der Waals surface area contributed by atoms with E-state index in [1.165, 1.54) is 5.56 Å². The van der Waals surface area contributed by atoms with E-state index < -0.39 is 0 Å². The molecule has 2 aromatic carbocycles. The highest BCUT2D eigenvalue weighted by Gasteiger charge is 2.12. The van der Waals surface area contributed by atoms with E-state index in [0.29, 0.717) is 16.6 Å². The summed E-state index contributed by atoms with van der Waals surface area (Å²) in [6, 6.07) is 13.5. The lowest BCUT2D eigenvalue weighted by Gasteiger charge is -2.08. The molecular formula is C17H15Cl2NO. The van der Waals surface area contributed by atoms with Gasteiger partial charge in [-0.05, 0) is 24.3 Å². The van der Waals surface area contributed by atoms with Crippen LogP contribution in [0.1, 0.15) is 18.2 Å². The van der Waals surface area contributed by atoms with Crippen LogP contribution in [0.15, 0.2) is 46.9 Å². The number of aryl methyl sites for hydroxylation is 1. The zero-order chi connectivity index (χ0) is 14.8. The Morgan fingerprint density at radius 1 is 1.05 bits per heavy atom. The van der Waals surface area contributed by atoms with Crippen molar-refractivity contribution in [2.24, 2.45) is 0 Å². The molecule has 4 heteroatoms. The number of rotatable bonds is 4. The highest BCUT2D eigenvalue weighted by molar-refractivity contribution is 6.35. The SMILES string of the molecule is CCc1oc2ccccc2c1CNc1cc(Cl)cc(Cl)c1. The molecule has 0 aliphatic carbocycles. The minimum atomic E-state index is 0.623. The molecule has 0 bridgehead atoms. The number of fused-ring (bicyclic) bond motifs is 1. The third-order valence-corrected chi connectivity index (χ3v) is 3.87. The van der Waals surface area contributed by atoms with Crippen LogP contribution in [0, 0.1) is 0 Å². The van der Waals surface area contributed by atoms with Crippen LogP contribution in [0.3, 0.4) is 0 Å². The van der Waals surface area contributed by atoms with E-state index in [0.717, 1.165) is 28.8 Å². The first kappa shape index (κ1) is 14.3. The van der Waals surface area contributed by atoms with E-state index in [2.05, 4.69) is 18.3 Å². The molecule has 0 fully saturated rings. The van der Waals surface area contributed by atoms with Crippen LogP contribution in [-0.2, 0) is 13.0 Å². The standard InChI is InChI=1S/C17H15Cl2NO/c1-2-16-15(14-5-3-4-6-17(14)21-16)10-20-13-8-11(18)7-12(19)9-13/h3-9,20H,2,10H2,1H3. The normalized spacial score (nSPS) is 11.0. The number of furan rings is 1. The summed E-state index contributed by atoms with van der Waals surface area (Å²) >= 11 is 12.0. The molecule has 1 aromatic heterocycles. The Morgan fingerprint density at radius 2 is 1.76 bits per heavy atom. The highest BCUT2D eigenvalue weighted by Crippen LogP contribution is 2.28. The van der Waals surface area contributed by atoms with Gasteiger partial charge in [0, 0.05) is 39.6 Å².